The van der Waals surface area contributed by atoms with Crippen LogP contribution in [0.25, 0.3) is 5.69 Å². The molecule has 0 aliphatic rings. The number of nitrogens with one attached hydrogen (secondary N) is 1. The Labute approximate surface area is 134 Å². The number of imidazole rings is 1. The van der Waals surface area contributed by atoms with Gasteiger partial charge in [-0.2, -0.15) is 0 Å². The molecule has 0 fully saturated rings. The van der Waals surface area contributed by atoms with Crippen LogP contribution in [0, 0.1) is 0 Å². The Kier molecular flexibility index (Phi) is 6.03. The number of rotatable bonds is 7. The summed E-state index contributed by atoms with van der Waals surface area (Å²) < 4.78 is 1.98. The van der Waals surface area contributed by atoms with E-state index in [0.29, 0.717) is 24.9 Å². The van der Waals surface area contributed by atoms with Crippen LogP contribution in [0.15, 0.2) is 41.8 Å². The molecule has 0 bridgehead atoms. The number of benzene rings is 1. The Morgan fingerprint density at radius 1 is 1.41 bits per heavy atom. The molecule has 0 spiro atoms. The molecular weight excluding hydrogens is 298 g/mol. The zero-order valence-corrected chi connectivity index (χ0v) is 13.6. The predicted octanol–water partition coefficient (Wildman–Crippen LogP) is 2.49. The van der Waals surface area contributed by atoms with Gasteiger partial charge in [-0.1, -0.05) is 18.7 Å². The second-order valence-corrected chi connectivity index (χ2v) is 5.71. The van der Waals surface area contributed by atoms with Crippen LogP contribution in [0.1, 0.15) is 30.1 Å². The Morgan fingerprint density at radius 2 is 2.14 bits per heavy atom. The second kappa shape index (κ2) is 8.00. The molecule has 6 heteroatoms. The molecule has 0 radical (unpaired) electrons. The SMILES string of the molecule is CCC(O)CCNC(=O)c1ccc(-n2ccnc2SC)cc1. The van der Waals surface area contributed by atoms with Gasteiger partial charge in [0.25, 0.3) is 5.91 Å². The van der Waals surface area contributed by atoms with E-state index in [0.717, 1.165) is 10.8 Å². The van der Waals surface area contributed by atoms with Gasteiger partial charge in [0.05, 0.1) is 6.10 Å². The summed E-state index contributed by atoms with van der Waals surface area (Å²) in [4.78, 5) is 16.3. The molecule has 0 saturated heterocycles. The van der Waals surface area contributed by atoms with Crippen molar-refractivity contribution in [3.8, 4) is 5.69 Å². The zero-order valence-electron chi connectivity index (χ0n) is 12.8. The molecule has 1 atom stereocenters. The summed E-state index contributed by atoms with van der Waals surface area (Å²) in [7, 11) is 0. The van der Waals surface area contributed by atoms with Crippen LogP contribution >= 0.6 is 11.8 Å². The third kappa shape index (κ3) is 4.11. The highest BCUT2D eigenvalue weighted by molar-refractivity contribution is 7.98. The number of carbonyl (C=O) groups is 1. The molecule has 1 aromatic carbocycles. The Bertz CT molecular complexity index is 610. The summed E-state index contributed by atoms with van der Waals surface area (Å²) in [5.74, 6) is -0.120. The summed E-state index contributed by atoms with van der Waals surface area (Å²) in [5.41, 5.74) is 1.58. The number of aliphatic hydroxyl groups is 1. The van der Waals surface area contributed by atoms with E-state index in [1.807, 2.05) is 36.1 Å². The maximum Gasteiger partial charge on any atom is 0.251 e. The van der Waals surface area contributed by atoms with Gasteiger partial charge < -0.3 is 10.4 Å². The Hall–Kier alpha value is -1.79. The molecule has 1 amide bonds. The molecule has 5 nitrogen and oxygen atoms in total. The lowest BCUT2D eigenvalue weighted by Crippen LogP contribution is -2.26. The number of thioether (sulfide) groups is 1. The third-order valence-electron chi connectivity index (χ3n) is 3.43. The molecule has 0 aliphatic carbocycles. The van der Waals surface area contributed by atoms with Gasteiger partial charge in [-0.15, -0.1) is 0 Å². The van der Waals surface area contributed by atoms with Crippen molar-refractivity contribution in [3.05, 3.63) is 42.2 Å². The van der Waals surface area contributed by atoms with Crippen molar-refractivity contribution < 1.29 is 9.90 Å². The van der Waals surface area contributed by atoms with E-state index >= 15 is 0 Å². The first-order chi connectivity index (χ1) is 10.7. The summed E-state index contributed by atoms with van der Waals surface area (Å²) in [6.45, 7) is 2.40. The van der Waals surface area contributed by atoms with Crippen LogP contribution < -0.4 is 5.32 Å². The molecule has 22 heavy (non-hydrogen) atoms. The number of hydrogen-bond donors (Lipinski definition) is 2. The fourth-order valence-corrected chi connectivity index (χ4v) is 2.60. The van der Waals surface area contributed by atoms with Crippen LogP contribution in [0.4, 0.5) is 0 Å². The lowest BCUT2D eigenvalue weighted by atomic mass is 10.1. The molecular formula is C16H21N3O2S. The monoisotopic (exact) mass is 319 g/mol. The Balaban J connectivity index is 1.98. The lowest BCUT2D eigenvalue weighted by molar-refractivity contribution is 0.0942. The van der Waals surface area contributed by atoms with Gasteiger partial charge >= 0.3 is 0 Å². The van der Waals surface area contributed by atoms with Crippen molar-refractivity contribution in [2.24, 2.45) is 0 Å². The smallest absolute Gasteiger partial charge is 0.251 e. The molecule has 1 heterocycles. The highest BCUT2D eigenvalue weighted by Gasteiger charge is 2.08. The average Bonchev–Trinajstić information content (AvgIpc) is 3.03. The summed E-state index contributed by atoms with van der Waals surface area (Å²) in [5, 5.41) is 13.2. The van der Waals surface area contributed by atoms with E-state index in [-0.39, 0.29) is 12.0 Å². The number of aliphatic hydroxyl groups excluding tert-OH is 1. The van der Waals surface area contributed by atoms with Gasteiger partial charge in [-0.3, -0.25) is 9.36 Å². The number of carbonyl (C=O) groups excluding carboxylic acids is 1. The van der Waals surface area contributed by atoms with Crippen molar-refractivity contribution >= 4 is 17.7 Å². The summed E-state index contributed by atoms with van der Waals surface area (Å²) in [6, 6.07) is 7.39. The van der Waals surface area contributed by atoms with Gasteiger partial charge in [0, 0.05) is 30.2 Å². The zero-order chi connectivity index (χ0) is 15.9. The quantitative estimate of drug-likeness (QED) is 0.770. The number of hydrogen-bond acceptors (Lipinski definition) is 4. The van der Waals surface area contributed by atoms with E-state index in [2.05, 4.69) is 10.3 Å². The fourth-order valence-electron chi connectivity index (χ4n) is 2.07. The van der Waals surface area contributed by atoms with E-state index in [1.54, 1.807) is 30.1 Å². The summed E-state index contributed by atoms with van der Waals surface area (Å²) >= 11 is 1.57. The van der Waals surface area contributed by atoms with E-state index in [9.17, 15) is 9.90 Å². The van der Waals surface area contributed by atoms with E-state index in [1.165, 1.54) is 0 Å². The van der Waals surface area contributed by atoms with Crippen molar-refractivity contribution in [2.45, 2.75) is 31.0 Å². The van der Waals surface area contributed by atoms with Crippen LogP contribution in [0.2, 0.25) is 0 Å². The fraction of sp³-hybridized carbons (Fsp3) is 0.375. The molecule has 0 aliphatic heterocycles. The highest BCUT2D eigenvalue weighted by Crippen LogP contribution is 2.18. The number of aromatic nitrogens is 2. The minimum absolute atomic E-state index is 0.120. The molecule has 1 unspecified atom stereocenters. The molecule has 2 N–H and O–H groups in total. The first-order valence-electron chi connectivity index (χ1n) is 7.29. The minimum atomic E-state index is -0.353. The van der Waals surface area contributed by atoms with Crippen molar-refractivity contribution in [1.29, 1.82) is 0 Å². The highest BCUT2D eigenvalue weighted by atomic mass is 32.2. The predicted molar refractivity (Wildman–Crippen MR) is 88.6 cm³/mol. The van der Waals surface area contributed by atoms with E-state index < -0.39 is 0 Å². The van der Waals surface area contributed by atoms with Crippen LogP contribution in [0.3, 0.4) is 0 Å². The lowest BCUT2D eigenvalue weighted by Gasteiger charge is -2.10. The standard InChI is InChI=1S/C16H21N3O2S/c1-3-14(20)8-9-17-15(21)12-4-6-13(7-5-12)19-11-10-18-16(19)22-2/h4-7,10-11,14,20H,3,8-9H2,1-2H3,(H,17,21). The van der Waals surface area contributed by atoms with Crippen LogP contribution in [-0.4, -0.2) is 39.5 Å². The average molecular weight is 319 g/mol. The summed E-state index contributed by atoms with van der Waals surface area (Å²) in [6.07, 6.45) is 6.55. The minimum Gasteiger partial charge on any atom is -0.393 e. The largest absolute Gasteiger partial charge is 0.393 e. The molecule has 118 valence electrons. The van der Waals surface area contributed by atoms with Gasteiger partial charge in [-0.25, -0.2) is 4.98 Å². The Morgan fingerprint density at radius 3 is 2.77 bits per heavy atom. The van der Waals surface area contributed by atoms with Gasteiger partial charge in [0.1, 0.15) is 0 Å². The van der Waals surface area contributed by atoms with E-state index in [4.69, 9.17) is 0 Å². The van der Waals surface area contributed by atoms with Gasteiger partial charge in [0.15, 0.2) is 5.16 Å². The molecule has 2 aromatic rings. The van der Waals surface area contributed by atoms with Crippen molar-refractivity contribution in [3.63, 3.8) is 0 Å². The van der Waals surface area contributed by atoms with Crippen molar-refractivity contribution in [1.82, 2.24) is 14.9 Å². The van der Waals surface area contributed by atoms with Gasteiger partial charge in [-0.05, 0) is 43.4 Å². The maximum atomic E-state index is 12.0. The number of amides is 1. The first kappa shape index (κ1) is 16.6. The number of nitrogens with zero attached hydrogens (tertiary/aromatic N) is 2. The third-order valence-corrected chi connectivity index (χ3v) is 4.10. The molecule has 2 rings (SSSR count). The van der Waals surface area contributed by atoms with Crippen LogP contribution in [0.5, 0.6) is 0 Å². The normalized spacial score (nSPS) is 12.1. The molecule has 0 saturated carbocycles. The second-order valence-electron chi connectivity index (χ2n) is 4.94. The first-order valence-corrected chi connectivity index (χ1v) is 8.52. The van der Waals surface area contributed by atoms with Crippen molar-refractivity contribution in [2.75, 3.05) is 12.8 Å². The topological polar surface area (TPSA) is 67.2 Å². The maximum absolute atomic E-state index is 12.0. The van der Waals surface area contributed by atoms with Gasteiger partial charge in [0.2, 0.25) is 0 Å². The van der Waals surface area contributed by atoms with Crippen LogP contribution in [-0.2, 0) is 0 Å². The molecule has 1 aromatic heterocycles.